The number of aliphatic imine (C=N–C) groups is 1. The van der Waals surface area contributed by atoms with E-state index < -0.39 is 0 Å². The number of benzene rings is 1. The van der Waals surface area contributed by atoms with Crippen LogP contribution in [-0.2, 0) is 10.2 Å². The monoisotopic (exact) mass is 477 g/mol. The Morgan fingerprint density at radius 1 is 1.28 bits per heavy atom. The summed E-state index contributed by atoms with van der Waals surface area (Å²) in [5.74, 6) is 1.76. The average Bonchev–Trinajstić information content (AvgIpc) is 3.43. The number of ether oxygens (including phenoxy) is 1. The van der Waals surface area contributed by atoms with Gasteiger partial charge < -0.3 is 15.4 Å². The number of nitrogens with zero attached hydrogens (tertiary/aromatic N) is 1. The van der Waals surface area contributed by atoms with E-state index in [1.165, 1.54) is 18.4 Å². The first-order chi connectivity index (χ1) is 11.7. The molecular formula is C19H29ClIN3O. The fourth-order valence-corrected chi connectivity index (χ4v) is 3.44. The second-order valence-electron chi connectivity index (χ2n) is 6.92. The molecule has 2 fully saturated rings. The molecule has 6 heteroatoms. The number of guanidine groups is 1. The number of hydrogen-bond acceptors (Lipinski definition) is 2. The molecule has 0 amide bonds. The molecule has 1 aromatic rings. The summed E-state index contributed by atoms with van der Waals surface area (Å²) < 4.78 is 5.61. The van der Waals surface area contributed by atoms with Crippen LogP contribution < -0.4 is 10.6 Å². The van der Waals surface area contributed by atoms with Crippen LogP contribution in [0.1, 0.15) is 38.2 Å². The topological polar surface area (TPSA) is 45.7 Å². The Bertz CT molecular complexity index is 572. The molecule has 0 radical (unpaired) electrons. The molecule has 1 aromatic carbocycles. The molecule has 1 saturated heterocycles. The lowest BCUT2D eigenvalue weighted by molar-refractivity contribution is 0.0531. The quantitative estimate of drug-likeness (QED) is 0.370. The summed E-state index contributed by atoms with van der Waals surface area (Å²) in [7, 11) is 0. The van der Waals surface area contributed by atoms with E-state index in [-0.39, 0.29) is 29.4 Å². The minimum absolute atomic E-state index is 0. The highest BCUT2D eigenvalue weighted by atomic mass is 127. The molecule has 25 heavy (non-hydrogen) atoms. The lowest BCUT2D eigenvalue weighted by atomic mass is 9.74. The van der Waals surface area contributed by atoms with Crippen molar-refractivity contribution in [3.63, 3.8) is 0 Å². The van der Waals surface area contributed by atoms with E-state index >= 15 is 0 Å². The Labute approximate surface area is 173 Å². The minimum atomic E-state index is 0. The van der Waals surface area contributed by atoms with E-state index in [1.807, 2.05) is 12.1 Å². The molecule has 1 aliphatic heterocycles. The normalized spacial score (nSPS) is 19.8. The molecule has 0 spiro atoms. The lowest BCUT2D eigenvalue weighted by Gasteiger charge is -2.36. The van der Waals surface area contributed by atoms with Crippen molar-refractivity contribution in [1.29, 1.82) is 0 Å². The molecule has 140 valence electrons. The summed E-state index contributed by atoms with van der Waals surface area (Å²) in [4.78, 5) is 4.91. The Kier molecular flexibility index (Phi) is 8.29. The third-order valence-corrected chi connectivity index (χ3v) is 5.26. The molecule has 0 aromatic heterocycles. The van der Waals surface area contributed by atoms with Crippen molar-refractivity contribution in [2.24, 2.45) is 10.9 Å². The third kappa shape index (κ3) is 6.00. The molecule has 0 bridgehead atoms. The maximum atomic E-state index is 6.24. The lowest BCUT2D eigenvalue weighted by Crippen LogP contribution is -2.41. The summed E-state index contributed by atoms with van der Waals surface area (Å²) >= 11 is 6.24. The number of halogens is 2. The maximum Gasteiger partial charge on any atom is 0.191 e. The van der Waals surface area contributed by atoms with Gasteiger partial charge in [-0.15, -0.1) is 24.0 Å². The van der Waals surface area contributed by atoms with Gasteiger partial charge in [-0.3, -0.25) is 4.99 Å². The van der Waals surface area contributed by atoms with Gasteiger partial charge >= 0.3 is 0 Å². The molecule has 0 atom stereocenters. The van der Waals surface area contributed by atoms with Crippen LogP contribution in [0.15, 0.2) is 29.3 Å². The van der Waals surface area contributed by atoms with E-state index in [0.717, 1.165) is 62.6 Å². The van der Waals surface area contributed by atoms with E-state index in [1.54, 1.807) is 0 Å². The first-order valence-electron chi connectivity index (χ1n) is 9.08. The molecule has 0 unspecified atom stereocenters. The van der Waals surface area contributed by atoms with Crippen molar-refractivity contribution in [2.75, 3.05) is 32.8 Å². The molecule has 1 saturated carbocycles. The van der Waals surface area contributed by atoms with Crippen LogP contribution in [0.4, 0.5) is 0 Å². The second kappa shape index (κ2) is 9.97. The summed E-state index contributed by atoms with van der Waals surface area (Å²) in [6.45, 7) is 6.34. The molecule has 1 heterocycles. The fraction of sp³-hybridized carbons (Fsp3) is 0.632. The first kappa shape index (κ1) is 20.8. The molecular weight excluding hydrogens is 449 g/mol. The summed E-state index contributed by atoms with van der Waals surface area (Å²) in [6.07, 6.45) is 4.66. The largest absolute Gasteiger partial charge is 0.381 e. The van der Waals surface area contributed by atoms with Gasteiger partial charge in [0.15, 0.2) is 5.96 Å². The van der Waals surface area contributed by atoms with Crippen molar-refractivity contribution in [3.05, 3.63) is 34.9 Å². The first-order valence-corrected chi connectivity index (χ1v) is 9.46. The van der Waals surface area contributed by atoms with Gasteiger partial charge in [-0.05, 0) is 56.2 Å². The van der Waals surface area contributed by atoms with Gasteiger partial charge in [-0.1, -0.05) is 23.7 Å². The predicted molar refractivity (Wildman–Crippen MR) is 115 cm³/mol. The van der Waals surface area contributed by atoms with Gasteiger partial charge in [0, 0.05) is 36.7 Å². The van der Waals surface area contributed by atoms with Crippen molar-refractivity contribution in [2.45, 2.75) is 38.0 Å². The Balaban J connectivity index is 0.00000225. The van der Waals surface area contributed by atoms with Crippen molar-refractivity contribution < 1.29 is 4.74 Å². The zero-order valence-electron chi connectivity index (χ0n) is 14.9. The maximum absolute atomic E-state index is 6.24. The van der Waals surface area contributed by atoms with Crippen molar-refractivity contribution >= 4 is 41.5 Å². The highest BCUT2D eigenvalue weighted by molar-refractivity contribution is 14.0. The fourth-order valence-electron chi connectivity index (χ4n) is 3.25. The SMILES string of the molecule is CCNC(=NCC1(c2cccc(Cl)c2)CCOCC1)NCC1CC1.I. The van der Waals surface area contributed by atoms with Crippen LogP contribution in [0.2, 0.25) is 5.02 Å². The van der Waals surface area contributed by atoms with E-state index in [0.29, 0.717) is 0 Å². The number of hydrogen-bond donors (Lipinski definition) is 2. The molecule has 3 rings (SSSR count). The summed E-state index contributed by atoms with van der Waals surface area (Å²) in [6, 6.07) is 8.24. The van der Waals surface area contributed by atoms with Crippen LogP contribution in [0.5, 0.6) is 0 Å². The van der Waals surface area contributed by atoms with Gasteiger partial charge in [0.25, 0.3) is 0 Å². The van der Waals surface area contributed by atoms with E-state index in [2.05, 4.69) is 29.7 Å². The predicted octanol–water partition coefficient (Wildman–Crippen LogP) is 3.97. The molecule has 2 N–H and O–H groups in total. The van der Waals surface area contributed by atoms with Gasteiger partial charge in [0.2, 0.25) is 0 Å². The number of nitrogens with one attached hydrogen (secondary N) is 2. The van der Waals surface area contributed by atoms with Crippen LogP contribution in [0, 0.1) is 5.92 Å². The highest BCUT2D eigenvalue weighted by Gasteiger charge is 2.34. The van der Waals surface area contributed by atoms with Gasteiger partial charge in [0.05, 0.1) is 6.54 Å². The van der Waals surface area contributed by atoms with E-state index in [9.17, 15) is 0 Å². The Morgan fingerprint density at radius 3 is 2.68 bits per heavy atom. The zero-order valence-corrected chi connectivity index (χ0v) is 18.0. The van der Waals surface area contributed by atoms with Gasteiger partial charge in [0.1, 0.15) is 0 Å². The van der Waals surface area contributed by atoms with Gasteiger partial charge in [-0.2, -0.15) is 0 Å². The van der Waals surface area contributed by atoms with Gasteiger partial charge in [-0.25, -0.2) is 0 Å². The Morgan fingerprint density at radius 2 is 2.04 bits per heavy atom. The smallest absolute Gasteiger partial charge is 0.191 e. The molecule has 1 aliphatic carbocycles. The summed E-state index contributed by atoms with van der Waals surface area (Å²) in [5, 5.41) is 7.64. The van der Waals surface area contributed by atoms with Crippen molar-refractivity contribution in [3.8, 4) is 0 Å². The van der Waals surface area contributed by atoms with Crippen LogP contribution in [0.3, 0.4) is 0 Å². The number of rotatable bonds is 6. The zero-order chi connectivity index (χ0) is 16.8. The van der Waals surface area contributed by atoms with Crippen LogP contribution >= 0.6 is 35.6 Å². The highest BCUT2D eigenvalue weighted by Crippen LogP contribution is 2.36. The van der Waals surface area contributed by atoms with Crippen LogP contribution in [0.25, 0.3) is 0 Å². The molecule has 2 aliphatic rings. The average molecular weight is 478 g/mol. The third-order valence-electron chi connectivity index (χ3n) is 5.03. The van der Waals surface area contributed by atoms with Crippen LogP contribution in [-0.4, -0.2) is 38.8 Å². The minimum Gasteiger partial charge on any atom is -0.381 e. The van der Waals surface area contributed by atoms with E-state index in [4.69, 9.17) is 21.3 Å². The molecule has 4 nitrogen and oxygen atoms in total. The van der Waals surface area contributed by atoms with Crippen molar-refractivity contribution in [1.82, 2.24) is 10.6 Å². The standard InChI is InChI=1S/C19H28ClN3O.HI/c1-2-21-18(22-13-15-6-7-15)23-14-19(8-10-24-11-9-19)16-4-3-5-17(20)12-16;/h3-5,12,15H,2,6-11,13-14H2,1H3,(H2,21,22,23);1H. The second-order valence-corrected chi connectivity index (χ2v) is 7.36. The summed E-state index contributed by atoms with van der Waals surface area (Å²) in [5.41, 5.74) is 1.30. The Hall–Kier alpha value is -0.530.